The zero-order valence-corrected chi connectivity index (χ0v) is 11.2. The number of carboxylic acids is 1. The molecule has 19 heavy (non-hydrogen) atoms. The van der Waals surface area contributed by atoms with E-state index >= 15 is 0 Å². The molecule has 100 valence electrons. The monoisotopic (exact) mass is 300 g/mol. The van der Waals surface area contributed by atoms with Crippen LogP contribution < -0.4 is 4.74 Å². The molecule has 1 aromatic carbocycles. The SMILES string of the molecule is O=C(O)C(COc1cccc(F)c1)c1ccc(Cl)s1. The van der Waals surface area contributed by atoms with E-state index in [4.69, 9.17) is 16.3 Å². The average molecular weight is 301 g/mol. The normalized spacial score (nSPS) is 12.1. The van der Waals surface area contributed by atoms with Gasteiger partial charge in [0.25, 0.3) is 0 Å². The third-order valence-electron chi connectivity index (χ3n) is 2.45. The summed E-state index contributed by atoms with van der Waals surface area (Å²) in [5, 5.41) is 9.18. The molecule has 2 rings (SSSR count). The first-order chi connectivity index (χ1) is 9.06. The summed E-state index contributed by atoms with van der Waals surface area (Å²) in [5.74, 6) is -1.95. The minimum Gasteiger partial charge on any atom is -0.492 e. The highest BCUT2D eigenvalue weighted by Crippen LogP contribution is 2.29. The number of thiophene rings is 1. The Labute approximate surface area is 118 Å². The summed E-state index contributed by atoms with van der Waals surface area (Å²) in [6.07, 6.45) is 0. The summed E-state index contributed by atoms with van der Waals surface area (Å²) < 4.78 is 18.8. The van der Waals surface area contributed by atoms with Crippen LogP contribution >= 0.6 is 22.9 Å². The molecular weight excluding hydrogens is 291 g/mol. The molecule has 0 aliphatic rings. The van der Waals surface area contributed by atoms with Gasteiger partial charge in [0.15, 0.2) is 0 Å². The Morgan fingerprint density at radius 1 is 1.42 bits per heavy atom. The number of carboxylic acid groups (broad SMARTS) is 1. The lowest BCUT2D eigenvalue weighted by atomic mass is 10.1. The summed E-state index contributed by atoms with van der Waals surface area (Å²) in [4.78, 5) is 11.8. The zero-order chi connectivity index (χ0) is 13.8. The largest absolute Gasteiger partial charge is 0.492 e. The quantitative estimate of drug-likeness (QED) is 0.914. The van der Waals surface area contributed by atoms with Crippen LogP contribution in [0.15, 0.2) is 36.4 Å². The van der Waals surface area contributed by atoms with Crippen LogP contribution in [-0.4, -0.2) is 17.7 Å². The molecule has 1 atom stereocenters. The molecule has 0 saturated heterocycles. The van der Waals surface area contributed by atoms with E-state index < -0.39 is 17.7 Å². The first-order valence-corrected chi connectivity index (χ1v) is 6.62. The molecule has 1 N–H and O–H groups in total. The predicted octanol–water partition coefficient (Wildman–Crippen LogP) is 3.79. The maximum Gasteiger partial charge on any atom is 0.315 e. The van der Waals surface area contributed by atoms with Crippen LogP contribution in [0.2, 0.25) is 4.34 Å². The fourth-order valence-corrected chi connectivity index (χ4v) is 2.67. The Bertz CT molecular complexity index is 585. The number of rotatable bonds is 5. The Hall–Kier alpha value is -1.59. The fourth-order valence-electron chi connectivity index (χ4n) is 1.53. The standard InChI is InChI=1S/C13H10ClFO3S/c14-12-5-4-11(19-12)10(13(16)17)7-18-9-3-1-2-8(15)6-9/h1-6,10H,7H2,(H,16,17). The molecule has 0 amide bonds. The topological polar surface area (TPSA) is 46.5 Å². The smallest absolute Gasteiger partial charge is 0.315 e. The summed E-state index contributed by atoms with van der Waals surface area (Å²) >= 11 is 6.98. The van der Waals surface area contributed by atoms with Crippen molar-refractivity contribution in [1.82, 2.24) is 0 Å². The van der Waals surface area contributed by atoms with Gasteiger partial charge in [-0.05, 0) is 24.3 Å². The lowest BCUT2D eigenvalue weighted by molar-refractivity contribution is -0.139. The van der Waals surface area contributed by atoms with Crippen molar-refractivity contribution in [3.05, 3.63) is 51.4 Å². The van der Waals surface area contributed by atoms with Crippen molar-refractivity contribution >= 4 is 28.9 Å². The van der Waals surface area contributed by atoms with Crippen LogP contribution in [0.3, 0.4) is 0 Å². The molecule has 1 heterocycles. The molecule has 0 fully saturated rings. The van der Waals surface area contributed by atoms with E-state index in [2.05, 4.69) is 0 Å². The van der Waals surface area contributed by atoms with Gasteiger partial charge in [-0.3, -0.25) is 4.79 Å². The summed E-state index contributed by atoms with van der Waals surface area (Å²) in [5.41, 5.74) is 0. The van der Waals surface area contributed by atoms with E-state index in [0.717, 1.165) is 0 Å². The minimum absolute atomic E-state index is 0.0738. The van der Waals surface area contributed by atoms with Gasteiger partial charge < -0.3 is 9.84 Å². The van der Waals surface area contributed by atoms with Gasteiger partial charge in [0.2, 0.25) is 0 Å². The van der Waals surface area contributed by atoms with Gasteiger partial charge in [-0.1, -0.05) is 17.7 Å². The number of aliphatic carboxylic acids is 1. The molecule has 0 aliphatic heterocycles. The molecule has 6 heteroatoms. The highest BCUT2D eigenvalue weighted by atomic mass is 35.5. The van der Waals surface area contributed by atoms with Crippen LogP contribution in [0.25, 0.3) is 0 Å². The summed E-state index contributed by atoms with van der Waals surface area (Å²) in [6, 6.07) is 8.87. The van der Waals surface area contributed by atoms with Crippen molar-refractivity contribution in [1.29, 1.82) is 0 Å². The number of hydrogen-bond donors (Lipinski definition) is 1. The Kier molecular flexibility index (Phi) is 4.39. The maximum absolute atomic E-state index is 13.0. The van der Waals surface area contributed by atoms with Gasteiger partial charge in [-0.2, -0.15) is 0 Å². The van der Waals surface area contributed by atoms with E-state index in [0.29, 0.717) is 15.0 Å². The molecule has 0 radical (unpaired) electrons. The van der Waals surface area contributed by atoms with E-state index in [-0.39, 0.29) is 6.61 Å². The van der Waals surface area contributed by atoms with Gasteiger partial charge in [0.1, 0.15) is 24.1 Å². The van der Waals surface area contributed by atoms with Gasteiger partial charge in [-0.15, -0.1) is 11.3 Å². The van der Waals surface area contributed by atoms with Crippen LogP contribution in [0.1, 0.15) is 10.8 Å². The summed E-state index contributed by atoms with van der Waals surface area (Å²) in [7, 11) is 0. The lowest BCUT2D eigenvalue weighted by Gasteiger charge is -2.12. The van der Waals surface area contributed by atoms with E-state index in [1.807, 2.05) is 0 Å². The van der Waals surface area contributed by atoms with Crippen LogP contribution in [-0.2, 0) is 4.79 Å². The van der Waals surface area contributed by atoms with E-state index in [1.54, 1.807) is 18.2 Å². The fraction of sp³-hybridized carbons (Fsp3) is 0.154. The second-order valence-corrected chi connectivity index (χ2v) is 5.55. The van der Waals surface area contributed by atoms with Crippen molar-refractivity contribution in [2.45, 2.75) is 5.92 Å². The Morgan fingerprint density at radius 3 is 2.79 bits per heavy atom. The average Bonchev–Trinajstić information content (AvgIpc) is 2.76. The number of hydrogen-bond acceptors (Lipinski definition) is 3. The number of ether oxygens (including phenoxy) is 1. The van der Waals surface area contributed by atoms with Gasteiger partial charge in [-0.25, -0.2) is 4.39 Å². The third kappa shape index (κ3) is 3.68. The summed E-state index contributed by atoms with van der Waals surface area (Å²) in [6.45, 7) is -0.0738. The first-order valence-electron chi connectivity index (χ1n) is 5.42. The molecule has 2 aromatic rings. The predicted molar refractivity (Wildman–Crippen MR) is 71.6 cm³/mol. The van der Waals surface area contributed by atoms with Gasteiger partial charge in [0.05, 0.1) is 4.34 Å². The Balaban J connectivity index is 2.08. The van der Waals surface area contributed by atoms with Crippen molar-refractivity contribution in [3.63, 3.8) is 0 Å². The highest BCUT2D eigenvalue weighted by Gasteiger charge is 2.22. The molecule has 0 aliphatic carbocycles. The van der Waals surface area contributed by atoms with Gasteiger partial charge >= 0.3 is 5.97 Å². The molecular formula is C13H10ClFO3S. The van der Waals surface area contributed by atoms with Crippen LogP contribution in [0.4, 0.5) is 4.39 Å². The molecule has 1 unspecified atom stereocenters. The zero-order valence-electron chi connectivity index (χ0n) is 9.68. The van der Waals surface area contributed by atoms with Crippen molar-refractivity contribution in [2.24, 2.45) is 0 Å². The molecule has 0 spiro atoms. The number of benzene rings is 1. The second kappa shape index (κ2) is 6.04. The van der Waals surface area contributed by atoms with Crippen molar-refractivity contribution < 1.29 is 19.0 Å². The first kappa shape index (κ1) is 13.8. The molecule has 3 nitrogen and oxygen atoms in total. The van der Waals surface area contributed by atoms with E-state index in [1.165, 1.54) is 29.5 Å². The van der Waals surface area contributed by atoms with Crippen molar-refractivity contribution in [3.8, 4) is 5.75 Å². The van der Waals surface area contributed by atoms with Crippen LogP contribution in [0.5, 0.6) is 5.75 Å². The molecule has 1 aromatic heterocycles. The Morgan fingerprint density at radius 2 is 2.21 bits per heavy atom. The molecule has 0 bridgehead atoms. The number of carbonyl (C=O) groups is 1. The van der Waals surface area contributed by atoms with Crippen molar-refractivity contribution in [2.75, 3.05) is 6.61 Å². The third-order valence-corrected chi connectivity index (χ3v) is 3.79. The highest BCUT2D eigenvalue weighted by molar-refractivity contribution is 7.16. The lowest BCUT2D eigenvalue weighted by Crippen LogP contribution is -2.18. The number of halogens is 2. The van der Waals surface area contributed by atoms with Gasteiger partial charge in [0, 0.05) is 10.9 Å². The molecule has 0 saturated carbocycles. The van der Waals surface area contributed by atoms with E-state index in [9.17, 15) is 14.3 Å². The maximum atomic E-state index is 13.0. The second-order valence-electron chi connectivity index (χ2n) is 3.80. The minimum atomic E-state index is -1.00. The van der Waals surface area contributed by atoms with Crippen LogP contribution in [0, 0.1) is 5.82 Å².